The predicted molar refractivity (Wildman–Crippen MR) is 68.8 cm³/mol. The molecule has 0 spiro atoms. The van der Waals surface area contributed by atoms with Crippen molar-refractivity contribution in [3.63, 3.8) is 0 Å². The van der Waals surface area contributed by atoms with Crippen LogP contribution in [-0.2, 0) is 6.42 Å². The topological polar surface area (TPSA) is 33.4 Å². The van der Waals surface area contributed by atoms with Gasteiger partial charge in [-0.3, -0.25) is 0 Å². The summed E-state index contributed by atoms with van der Waals surface area (Å²) < 4.78 is 5.36. The maximum absolute atomic E-state index is 10.7. The first-order valence-electron chi connectivity index (χ1n) is 6.84. The summed E-state index contributed by atoms with van der Waals surface area (Å²) in [6, 6.07) is 3.86. The van der Waals surface area contributed by atoms with E-state index in [2.05, 4.69) is 13.8 Å². The van der Waals surface area contributed by atoms with Gasteiger partial charge < -0.3 is 9.52 Å². The third-order valence-corrected chi connectivity index (χ3v) is 4.22. The van der Waals surface area contributed by atoms with Crippen LogP contribution in [0, 0.1) is 11.8 Å². The molecule has 0 radical (unpaired) electrons. The van der Waals surface area contributed by atoms with Crippen LogP contribution in [-0.4, -0.2) is 10.7 Å². The van der Waals surface area contributed by atoms with Gasteiger partial charge in [-0.1, -0.05) is 26.7 Å². The standard InChI is InChI=1S/C15H24O2/c1-12(2)13-5-3-8-15(16,9-7-13)11-14-6-4-10-17-14/h4,6,10,12-13,16H,3,5,7-9,11H2,1-2H3. The number of aliphatic hydroxyl groups is 1. The van der Waals surface area contributed by atoms with Crippen molar-refractivity contribution in [3.8, 4) is 0 Å². The lowest BCUT2D eigenvalue weighted by Gasteiger charge is -2.26. The zero-order chi connectivity index (χ0) is 12.3. The maximum Gasteiger partial charge on any atom is 0.106 e. The van der Waals surface area contributed by atoms with Gasteiger partial charge in [-0.15, -0.1) is 0 Å². The molecule has 96 valence electrons. The molecular weight excluding hydrogens is 212 g/mol. The summed E-state index contributed by atoms with van der Waals surface area (Å²) in [6.45, 7) is 4.59. The number of rotatable bonds is 3. The minimum absolute atomic E-state index is 0.540. The van der Waals surface area contributed by atoms with Crippen molar-refractivity contribution < 1.29 is 9.52 Å². The lowest BCUT2D eigenvalue weighted by atomic mass is 9.86. The van der Waals surface area contributed by atoms with Gasteiger partial charge in [-0.25, -0.2) is 0 Å². The molecule has 1 aromatic rings. The molecular formula is C15H24O2. The van der Waals surface area contributed by atoms with E-state index >= 15 is 0 Å². The Morgan fingerprint density at radius 1 is 1.41 bits per heavy atom. The van der Waals surface area contributed by atoms with Gasteiger partial charge in [0.05, 0.1) is 11.9 Å². The highest BCUT2D eigenvalue weighted by atomic mass is 16.3. The fourth-order valence-electron chi connectivity index (χ4n) is 3.00. The van der Waals surface area contributed by atoms with Gasteiger partial charge in [-0.05, 0) is 43.2 Å². The van der Waals surface area contributed by atoms with E-state index in [0.29, 0.717) is 6.42 Å². The van der Waals surface area contributed by atoms with Gasteiger partial charge in [0.15, 0.2) is 0 Å². The lowest BCUT2D eigenvalue weighted by Crippen LogP contribution is -2.30. The molecule has 0 saturated heterocycles. The van der Waals surface area contributed by atoms with Gasteiger partial charge in [0.25, 0.3) is 0 Å². The fraction of sp³-hybridized carbons (Fsp3) is 0.733. The van der Waals surface area contributed by atoms with Crippen molar-refractivity contribution in [3.05, 3.63) is 24.2 Å². The maximum atomic E-state index is 10.7. The van der Waals surface area contributed by atoms with E-state index in [-0.39, 0.29) is 0 Å². The molecule has 0 aliphatic heterocycles. The fourth-order valence-corrected chi connectivity index (χ4v) is 3.00. The van der Waals surface area contributed by atoms with Gasteiger partial charge in [0.1, 0.15) is 5.76 Å². The quantitative estimate of drug-likeness (QED) is 0.810. The van der Waals surface area contributed by atoms with Crippen LogP contribution in [0.15, 0.2) is 22.8 Å². The van der Waals surface area contributed by atoms with Crippen molar-refractivity contribution >= 4 is 0 Å². The molecule has 1 fully saturated rings. The molecule has 1 N–H and O–H groups in total. The molecule has 1 aliphatic carbocycles. The Kier molecular flexibility index (Phi) is 3.93. The third kappa shape index (κ3) is 3.35. The predicted octanol–water partition coefficient (Wildman–Crippen LogP) is 3.79. The normalized spacial score (nSPS) is 30.5. The Balaban J connectivity index is 1.96. The monoisotopic (exact) mass is 236 g/mol. The Morgan fingerprint density at radius 2 is 2.24 bits per heavy atom. The summed E-state index contributed by atoms with van der Waals surface area (Å²) in [5.41, 5.74) is -0.540. The molecule has 17 heavy (non-hydrogen) atoms. The van der Waals surface area contributed by atoms with Crippen LogP contribution in [0.1, 0.15) is 51.7 Å². The highest BCUT2D eigenvalue weighted by Gasteiger charge is 2.32. The number of hydrogen-bond acceptors (Lipinski definition) is 2. The van der Waals surface area contributed by atoms with Crippen LogP contribution in [0.3, 0.4) is 0 Å². The first-order chi connectivity index (χ1) is 8.09. The highest BCUT2D eigenvalue weighted by Crippen LogP contribution is 2.35. The molecule has 2 nitrogen and oxygen atoms in total. The van der Waals surface area contributed by atoms with Crippen LogP contribution < -0.4 is 0 Å². The minimum atomic E-state index is -0.540. The smallest absolute Gasteiger partial charge is 0.106 e. The number of furan rings is 1. The molecule has 0 bridgehead atoms. The number of hydrogen-bond donors (Lipinski definition) is 1. The van der Waals surface area contributed by atoms with Gasteiger partial charge >= 0.3 is 0 Å². The van der Waals surface area contributed by atoms with Crippen LogP contribution in [0.4, 0.5) is 0 Å². The van der Waals surface area contributed by atoms with E-state index in [1.54, 1.807) is 6.26 Å². The summed E-state index contributed by atoms with van der Waals surface area (Å²) in [4.78, 5) is 0. The second kappa shape index (κ2) is 5.26. The first kappa shape index (κ1) is 12.7. The first-order valence-corrected chi connectivity index (χ1v) is 6.84. The Morgan fingerprint density at radius 3 is 2.88 bits per heavy atom. The minimum Gasteiger partial charge on any atom is -0.469 e. The zero-order valence-electron chi connectivity index (χ0n) is 11.0. The Labute approximate surface area is 104 Å². The lowest BCUT2D eigenvalue weighted by molar-refractivity contribution is 0.0191. The molecule has 2 rings (SSSR count). The van der Waals surface area contributed by atoms with E-state index in [1.165, 1.54) is 6.42 Å². The van der Waals surface area contributed by atoms with E-state index in [0.717, 1.165) is 43.3 Å². The van der Waals surface area contributed by atoms with Gasteiger partial charge in [-0.2, -0.15) is 0 Å². The van der Waals surface area contributed by atoms with Crippen molar-refractivity contribution in [2.75, 3.05) is 0 Å². The van der Waals surface area contributed by atoms with Gasteiger partial charge in [0.2, 0.25) is 0 Å². The summed E-state index contributed by atoms with van der Waals surface area (Å²) in [7, 11) is 0. The SMILES string of the molecule is CC(C)C1CCCC(O)(Cc2ccco2)CC1. The summed E-state index contributed by atoms with van der Waals surface area (Å²) in [6.07, 6.45) is 7.73. The molecule has 1 heterocycles. The highest BCUT2D eigenvalue weighted by molar-refractivity contribution is 5.03. The molecule has 0 amide bonds. The largest absolute Gasteiger partial charge is 0.469 e. The molecule has 0 aromatic carbocycles. The summed E-state index contributed by atoms with van der Waals surface area (Å²) >= 11 is 0. The summed E-state index contributed by atoms with van der Waals surface area (Å²) in [5.74, 6) is 2.43. The second-order valence-electron chi connectivity index (χ2n) is 5.92. The molecule has 2 atom stereocenters. The Hall–Kier alpha value is -0.760. The van der Waals surface area contributed by atoms with Crippen molar-refractivity contribution in [2.45, 2.75) is 58.0 Å². The van der Waals surface area contributed by atoms with Crippen LogP contribution in [0.2, 0.25) is 0 Å². The van der Waals surface area contributed by atoms with Crippen molar-refractivity contribution in [1.82, 2.24) is 0 Å². The van der Waals surface area contributed by atoms with Gasteiger partial charge in [0, 0.05) is 6.42 Å². The van der Waals surface area contributed by atoms with E-state index in [9.17, 15) is 5.11 Å². The molecule has 1 aromatic heterocycles. The summed E-state index contributed by atoms with van der Waals surface area (Å²) in [5, 5.41) is 10.7. The van der Waals surface area contributed by atoms with Crippen LogP contribution in [0.5, 0.6) is 0 Å². The molecule has 1 saturated carbocycles. The van der Waals surface area contributed by atoms with E-state index in [1.807, 2.05) is 12.1 Å². The van der Waals surface area contributed by atoms with E-state index < -0.39 is 5.60 Å². The average molecular weight is 236 g/mol. The van der Waals surface area contributed by atoms with Crippen LogP contribution >= 0.6 is 0 Å². The molecule has 2 unspecified atom stereocenters. The molecule has 1 aliphatic rings. The molecule has 2 heteroatoms. The van der Waals surface area contributed by atoms with Crippen molar-refractivity contribution in [2.24, 2.45) is 11.8 Å². The average Bonchev–Trinajstić information content (AvgIpc) is 2.67. The zero-order valence-corrected chi connectivity index (χ0v) is 11.0. The second-order valence-corrected chi connectivity index (χ2v) is 5.92. The van der Waals surface area contributed by atoms with E-state index in [4.69, 9.17) is 4.42 Å². The van der Waals surface area contributed by atoms with Crippen LogP contribution in [0.25, 0.3) is 0 Å². The van der Waals surface area contributed by atoms with Crippen molar-refractivity contribution in [1.29, 1.82) is 0 Å². The Bertz CT molecular complexity index is 329. The third-order valence-electron chi connectivity index (χ3n) is 4.22.